The molecule has 2 aliphatic rings. The molecule has 92 valence electrons. The van der Waals surface area contributed by atoms with Gasteiger partial charge in [-0.25, -0.2) is 0 Å². The highest BCUT2D eigenvalue weighted by atomic mass is 35.5. The fourth-order valence-corrected chi connectivity index (χ4v) is 2.58. The first-order valence-electron chi connectivity index (χ1n) is 6.37. The van der Waals surface area contributed by atoms with Crippen LogP contribution >= 0.6 is 11.6 Å². The fourth-order valence-electron chi connectivity index (χ4n) is 2.32. The Labute approximate surface area is 102 Å². The maximum absolute atomic E-state index is 6.15. The van der Waals surface area contributed by atoms with Gasteiger partial charge < -0.3 is 9.57 Å². The molecule has 1 unspecified atom stereocenters. The average Bonchev–Trinajstić information content (AvgIpc) is 2.38. The first-order valence-corrected chi connectivity index (χ1v) is 6.75. The summed E-state index contributed by atoms with van der Waals surface area (Å²) < 4.78 is 5.43. The molecule has 0 aromatic rings. The topological polar surface area (TPSA) is 30.8 Å². The number of rotatable bonds is 3. The van der Waals surface area contributed by atoms with Crippen molar-refractivity contribution in [3.8, 4) is 0 Å². The Morgan fingerprint density at radius 2 is 1.81 bits per heavy atom. The smallest absolute Gasteiger partial charge is 0.226 e. The van der Waals surface area contributed by atoms with Crippen LogP contribution in [0.3, 0.4) is 0 Å². The molecular formula is C12H20ClNO2. The van der Waals surface area contributed by atoms with Gasteiger partial charge in [-0.05, 0) is 25.7 Å². The zero-order chi connectivity index (χ0) is 11.2. The van der Waals surface area contributed by atoms with Crippen LogP contribution in [0, 0.1) is 5.92 Å². The number of hydrogen-bond acceptors (Lipinski definition) is 3. The predicted molar refractivity (Wildman–Crippen MR) is 64.5 cm³/mol. The first kappa shape index (κ1) is 12.2. The maximum atomic E-state index is 6.15. The van der Waals surface area contributed by atoms with E-state index in [4.69, 9.17) is 21.2 Å². The molecule has 0 aromatic carbocycles. The summed E-state index contributed by atoms with van der Waals surface area (Å²) in [5, 5.41) is 4.66. The van der Waals surface area contributed by atoms with Crippen LogP contribution in [0.4, 0.5) is 0 Å². The Morgan fingerprint density at radius 3 is 2.50 bits per heavy atom. The van der Waals surface area contributed by atoms with Crippen molar-refractivity contribution >= 4 is 16.8 Å². The van der Waals surface area contributed by atoms with E-state index in [9.17, 15) is 0 Å². The van der Waals surface area contributed by atoms with Crippen molar-refractivity contribution in [2.75, 3.05) is 6.61 Å². The second-order valence-corrected chi connectivity index (χ2v) is 5.04. The lowest BCUT2D eigenvalue weighted by atomic mass is 9.90. The van der Waals surface area contributed by atoms with Gasteiger partial charge in [0, 0.05) is 12.3 Å². The van der Waals surface area contributed by atoms with Crippen LogP contribution in [0.1, 0.15) is 51.4 Å². The molecule has 0 aromatic heterocycles. The molecule has 1 aliphatic carbocycles. The van der Waals surface area contributed by atoms with E-state index >= 15 is 0 Å². The highest BCUT2D eigenvalue weighted by Gasteiger charge is 2.20. The third-order valence-electron chi connectivity index (χ3n) is 3.34. The van der Waals surface area contributed by atoms with Crippen LogP contribution in [0.5, 0.6) is 0 Å². The third kappa shape index (κ3) is 3.63. The monoisotopic (exact) mass is 245 g/mol. The number of hydrogen-bond donors (Lipinski definition) is 0. The second kappa shape index (κ2) is 6.45. The zero-order valence-electron chi connectivity index (χ0n) is 9.66. The summed E-state index contributed by atoms with van der Waals surface area (Å²) >= 11 is 6.15. The van der Waals surface area contributed by atoms with Crippen molar-refractivity contribution in [1.82, 2.24) is 0 Å². The van der Waals surface area contributed by atoms with Crippen molar-refractivity contribution < 1.29 is 9.57 Å². The van der Waals surface area contributed by atoms with E-state index in [1.54, 1.807) is 0 Å². The van der Waals surface area contributed by atoms with E-state index in [-0.39, 0.29) is 6.29 Å². The Balaban J connectivity index is 1.76. The van der Waals surface area contributed by atoms with Gasteiger partial charge in [-0.3, -0.25) is 0 Å². The first-order chi connectivity index (χ1) is 7.86. The molecule has 1 atom stereocenters. The number of ether oxygens (including phenoxy) is 1. The predicted octanol–water partition coefficient (Wildman–Crippen LogP) is 3.66. The van der Waals surface area contributed by atoms with E-state index in [0.717, 1.165) is 38.7 Å². The van der Waals surface area contributed by atoms with Crippen LogP contribution in [0.15, 0.2) is 5.16 Å². The standard InChI is InChI=1S/C12H20ClNO2/c13-12(10-6-2-1-3-7-10)14-16-11-8-4-5-9-15-11/h10-11H,1-9H2/b14-12+. The summed E-state index contributed by atoms with van der Waals surface area (Å²) in [5.41, 5.74) is 0. The molecule has 1 saturated carbocycles. The molecule has 0 amide bonds. The lowest BCUT2D eigenvalue weighted by molar-refractivity contribution is -0.162. The minimum atomic E-state index is -0.175. The maximum Gasteiger partial charge on any atom is 0.226 e. The summed E-state index contributed by atoms with van der Waals surface area (Å²) in [5.74, 6) is 0.416. The Kier molecular flexibility index (Phi) is 4.91. The zero-order valence-corrected chi connectivity index (χ0v) is 10.4. The van der Waals surface area contributed by atoms with Gasteiger partial charge in [0.15, 0.2) is 0 Å². The molecule has 2 rings (SSSR count). The SMILES string of the molecule is Cl/C(=N/OC1CCCCO1)C1CCCCC1. The molecule has 0 N–H and O–H groups in total. The van der Waals surface area contributed by atoms with Crippen LogP contribution in [-0.2, 0) is 9.57 Å². The number of nitrogens with zero attached hydrogens (tertiary/aromatic N) is 1. The van der Waals surface area contributed by atoms with E-state index in [2.05, 4.69) is 5.16 Å². The van der Waals surface area contributed by atoms with Crippen molar-refractivity contribution in [1.29, 1.82) is 0 Å². The van der Waals surface area contributed by atoms with Crippen LogP contribution < -0.4 is 0 Å². The molecule has 4 heteroatoms. The van der Waals surface area contributed by atoms with Gasteiger partial charge in [0.2, 0.25) is 6.29 Å². The normalized spacial score (nSPS) is 29.1. The lowest BCUT2D eigenvalue weighted by Crippen LogP contribution is -2.21. The second-order valence-electron chi connectivity index (χ2n) is 4.65. The van der Waals surface area contributed by atoms with E-state index in [0.29, 0.717) is 11.1 Å². The fraction of sp³-hybridized carbons (Fsp3) is 0.917. The number of halogens is 1. The molecule has 2 fully saturated rings. The van der Waals surface area contributed by atoms with Crippen molar-refractivity contribution in [3.05, 3.63) is 0 Å². The highest BCUT2D eigenvalue weighted by Crippen LogP contribution is 2.26. The summed E-state index contributed by atoms with van der Waals surface area (Å²) in [7, 11) is 0. The highest BCUT2D eigenvalue weighted by molar-refractivity contribution is 6.65. The third-order valence-corrected chi connectivity index (χ3v) is 3.72. The average molecular weight is 246 g/mol. The van der Waals surface area contributed by atoms with Crippen molar-refractivity contribution in [2.24, 2.45) is 11.1 Å². The van der Waals surface area contributed by atoms with Gasteiger partial charge in [-0.15, -0.1) is 0 Å². The van der Waals surface area contributed by atoms with Crippen LogP contribution in [0.25, 0.3) is 0 Å². The molecule has 1 heterocycles. The number of oxime groups is 1. The molecule has 1 saturated heterocycles. The van der Waals surface area contributed by atoms with Crippen molar-refractivity contribution in [2.45, 2.75) is 57.7 Å². The molecule has 0 radical (unpaired) electrons. The Bertz CT molecular complexity index is 233. The van der Waals surface area contributed by atoms with E-state index in [1.165, 1.54) is 19.3 Å². The molecule has 0 bridgehead atoms. The molecule has 0 spiro atoms. The summed E-state index contributed by atoms with van der Waals surface area (Å²) in [4.78, 5) is 5.33. The van der Waals surface area contributed by atoms with Crippen LogP contribution in [-0.4, -0.2) is 18.1 Å². The van der Waals surface area contributed by atoms with Gasteiger partial charge >= 0.3 is 0 Å². The Hall–Kier alpha value is -0.280. The minimum absolute atomic E-state index is 0.175. The lowest BCUT2D eigenvalue weighted by Gasteiger charge is -2.22. The molecule has 1 aliphatic heterocycles. The van der Waals surface area contributed by atoms with Gasteiger partial charge in [-0.2, -0.15) is 0 Å². The quantitative estimate of drug-likeness (QED) is 0.561. The van der Waals surface area contributed by atoms with Crippen molar-refractivity contribution in [3.63, 3.8) is 0 Å². The van der Waals surface area contributed by atoms with Gasteiger partial charge in [0.05, 0.1) is 6.61 Å². The van der Waals surface area contributed by atoms with E-state index < -0.39 is 0 Å². The summed E-state index contributed by atoms with van der Waals surface area (Å²) in [6.07, 6.45) is 9.18. The molecular weight excluding hydrogens is 226 g/mol. The van der Waals surface area contributed by atoms with Gasteiger partial charge in [0.25, 0.3) is 0 Å². The minimum Gasteiger partial charge on any atom is -0.362 e. The molecule has 16 heavy (non-hydrogen) atoms. The molecule has 3 nitrogen and oxygen atoms in total. The van der Waals surface area contributed by atoms with Gasteiger partial charge in [-0.1, -0.05) is 36.0 Å². The summed E-state index contributed by atoms with van der Waals surface area (Å²) in [6.45, 7) is 0.779. The Morgan fingerprint density at radius 1 is 1.06 bits per heavy atom. The van der Waals surface area contributed by atoms with E-state index in [1.807, 2.05) is 0 Å². The van der Waals surface area contributed by atoms with Crippen LogP contribution in [0.2, 0.25) is 0 Å². The summed E-state index contributed by atoms with van der Waals surface area (Å²) in [6, 6.07) is 0. The largest absolute Gasteiger partial charge is 0.362 e. The van der Waals surface area contributed by atoms with Gasteiger partial charge in [0.1, 0.15) is 5.17 Å².